The number of nitrogens with one attached hydrogen (secondary N) is 1. The van der Waals surface area contributed by atoms with E-state index in [0.717, 1.165) is 31.9 Å². The van der Waals surface area contributed by atoms with E-state index < -0.39 is 0 Å². The molecule has 1 aromatic carbocycles. The minimum atomic E-state index is 0.230. The monoisotopic (exact) mass is 297 g/mol. The van der Waals surface area contributed by atoms with Crippen LogP contribution in [-0.4, -0.2) is 43.7 Å². The van der Waals surface area contributed by atoms with Gasteiger partial charge >= 0.3 is 0 Å². The molecule has 1 atom stereocenters. The first-order valence-corrected chi connectivity index (χ1v) is 7.78. The van der Waals surface area contributed by atoms with Crippen molar-refractivity contribution in [3.8, 4) is 5.75 Å². The summed E-state index contributed by atoms with van der Waals surface area (Å²) < 4.78 is 5.85. The Bertz CT molecular complexity index is 613. The van der Waals surface area contributed by atoms with Crippen LogP contribution in [0.5, 0.6) is 5.75 Å². The number of benzene rings is 1. The van der Waals surface area contributed by atoms with Crippen molar-refractivity contribution in [2.75, 3.05) is 33.8 Å². The highest BCUT2D eigenvalue weighted by molar-refractivity contribution is 5.43. The molecule has 22 heavy (non-hydrogen) atoms. The predicted molar refractivity (Wildman–Crippen MR) is 88.3 cm³/mol. The van der Waals surface area contributed by atoms with E-state index in [0.29, 0.717) is 0 Å². The zero-order valence-electron chi connectivity index (χ0n) is 13.2. The van der Waals surface area contributed by atoms with Crippen molar-refractivity contribution in [3.63, 3.8) is 0 Å². The Hall–Kier alpha value is -1.91. The zero-order valence-corrected chi connectivity index (χ0v) is 13.2. The minimum absolute atomic E-state index is 0.230. The average molecular weight is 297 g/mol. The van der Waals surface area contributed by atoms with Crippen molar-refractivity contribution >= 4 is 0 Å². The molecule has 116 valence electrons. The average Bonchev–Trinajstić information content (AvgIpc) is 2.54. The molecule has 3 rings (SSSR count). The molecule has 1 aliphatic rings. The molecule has 1 N–H and O–H groups in total. The van der Waals surface area contributed by atoms with Gasteiger partial charge in [-0.05, 0) is 55.4 Å². The molecule has 2 heterocycles. The molecule has 0 amide bonds. The molecule has 4 nitrogen and oxygen atoms in total. The molecule has 0 fully saturated rings. The van der Waals surface area contributed by atoms with Crippen LogP contribution in [0.1, 0.15) is 22.7 Å². The predicted octanol–water partition coefficient (Wildman–Crippen LogP) is 2.26. The maximum atomic E-state index is 5.85. The van der Waals surface area contributed by atoms with Gasteiger partial charge in [-0.25, -0.2) is 0 Å². The lowest BCUT2D eigenvalue weighted by molar-refractivity contribution is 0.261. The van der Waals surface area contributed by atoms with Crippen molar-refractivity contribution in [2.24, 2.45) is 0 Å². The summed E-state index contributed by atoms with van der Waals surface area (Å²) in [5.74, 6) is 0.965. The molecule has 0 aliphatic carbocycles. The molecule has 0 radical (unpaired) electrons. The summed E-state index contributed by atoms with van der Waals surface area (Å²) >= 11 is 0. The molecule has 0 spiro atoms. The van der Waals surface area contributed by atoms with Gasteiger partial charge in [0.1, 0.15) is 12.4 Å². The van der Waals surface area contributed by atoms with Gasteiger partial charge in [0.15, 0.2) is 0 Å². The molecule has 1 aromatic heterocycles. The maximum absolute atomic E-state index is 5.85. The highest BCUT2D eigenvalue weighted by Crippen LogP contribution is 2.30. The summed E-state index contributed by atoms with van der Waals surface area (Å²) in [4.78, 5) is 6.36. The summed E-state index contributed by atoms with van der Waals surface area (Å²) in [7, 11) is 4.11. The van der Waals surface area contributed by atoms with Gasteiger partial charge in [0.2, 0.25) is 0 Å². The fraction of sp³-hybridized carbons (Fsp3) is 0.389. The van der Waals surface area contributed by atoms with Crippen LogP contribution in [0.3, 0.4) is 0 Å². The number of rotatable bonds is 5. The lowest BCUT2D eigenvalue weighted by atomic mass is 9.90. The van der Waals surface area contributed by atoms with Crippen LogP contribution < -0.4 is 10.1 Å². The summed E-state index contributed by atoms with van der Waals surface area (Å²) in [5.41, 5.74) is 3.92. The number of nitrogens with zero attached hydrogens (tertiary/aromatic N) is 2. The Labute approximate surface area is 132 Å². The Kier molecular flexibility index (Phi) is 4.71. The van der Waals surface area contributed by atoms with E-state index >= 15 is 0 Å². The lowest BCUT2D eigenvalue weighted by Gasteiger charge is -2.27. The van der Waals surface area contributed by atoms with E-state index in [4.69, 9.17) is 4.74 Å². The zero-order chi connectivity index (χ0) is 15.4. The van der Waals surface area contributed by atoms with Crippen LogP contribution in [0.25, 0.3) is 0 Å². The Morgan fingerprint density at radius 1 is 1.32 bits per heavy atom. The van der Waals surface area contributed by atoms with Gasteiger partial charge in [0.05, 0.1) is 6.04 Å². The van der Waals surface area contributed by atoms with Gasteiger partial charge in [0, 0.05) is 25.5 Å². The van der Waals surface area contributed by atoms with Crippen molar-refractivity contribution in [2.45, 2.75) is 12.5 Å². The first-order valence-electron chi connectivity index (χ1n) is 7.78. The topological polar surface area (TPSA) is 37.4 Å². The van der Waals surface area contributed by atoms with Crippen LogP contribution in [0, 0.1) is 0 Å². The van der Waals surface area contributed by atoms with E-state index in [-0.39, 0.29) is 6.04 Å². The molecule has 2 aromatic rings. The van der Waals surface area contributed by atoms with E-state index in [2.05, 4.69) is 53.6 Å². The number of ether oxygens (including phenoxy) is 1. The molecule has 0 bridgehead atoms. The summed E-state index contributed by atoms with van der Waals surface area (Å²) in [6, 6.07) is 10.8. The number of hydrogen-bond donors (Lipinski definition) is 1. The van der Waals surface area contributed by atoms with Crippen LogP contribution >= 0.6 is 0 Å². The van der Waals surface area contributed by atoms with Crippen LogP contribution in [0.4, 0.5) is 0 Å². The number of fused-ring (bicyclic) bond motifs is 1. The number of hydrogen-bond acceptors (Lipinski definition) is 4. The fourth-order valence-electron chi connectivity index (χ4n) is 2.82. The van der Waals surface area contributed by atoms with Crippen LogP contribution in [0.2, 0.25) is 0 Å². The third-order valence-electron chi connectivity index (χ3n) is 3.99. The van der Waals surface area contributed by atoms with Gasteiger partial charge in [-0.2, -0.15) is 0 Å². The Balaban J connectivity index is 1.78. The third-order valence-corrected chi connectivity index (χ3v) is 3.99. The first kappa shape index (κ1) is 15.0. The van der Waals surface area contributed by atoms with Gasteiger partial charge in [-0.15, -0.1) is 0 Å². The fourth-order valence-corrected chi connectivity index (χ4v) is 2.82. The number of pyridine rings is 1. The molecule has 1 unspecified atom stereocenters. The van der Waals surface area contributed by atoms with Gasteiger partial charge < -0.3 is 15.0 Å². The van der Waals surface area contributed by atoms with Gasteiger partial charge in [-0.1, -0.05) is 12.1 Å². The smallest absolute Gasteiger partial charge is 0.119 e. The first-order chi connectivity index (χ1) is 10.7. The van der Waals surface area contributed by atoms with Crippen molar-refractivity contribution in [1.29, 1.82) is 0 Å². The molecule has 1 aliphatic heterocycles. The summed E-state index contributed by atoms with van der Waals surface area (Å²) in [5, 5.41) is 3.58. The van der Waals surface area contributed by atoms with Gasteiger partial charge in [-0.3, -0.25) is 4.98 Å². The van der Waals surface area contributed by atoms with Crippen molar-refractivity contribution < 1.29 is 4.74 Å². The van der Waals surface area contributed by atoms with Gasteiger partial charge in [0.25, 0.3) is 0 Å². The molecular formula is C18H23N3O. The molecule has 0 saturated carbocycles. The lowest BCUT2D eigenvalue weighted by Crippen LogP contribution is -2.30. The van der Waals surface area contributed by atoms with Crippen LogP contribution in [0.15, 0.2) is 42.7 Å². The van der Waals surface area contributed by atoms with E-state index in [1.807, 2.05) is 18.5 Å². The van der Waals surface area contributed by atoms with Crippen molar-refractivity contribution in [3.05, 3.63) is 59.4 Å². The number of likely N-dealkylation sites (N-methyl/N-ethyl adjacent to an activating group) is 1. The maximum Gasteiger partial charge on any atom is 0.119 e. The largest absolute Gasteiger partial charge is 0.492 e. The van der Waals surface area contributed by atoms with Crippen LogP contribution in [-0.2, 0) is 6.42 Å². The molecular weight excluding hydrogens is 274 g/mol. The minimum Gasteiger partial charge on any atom is -0.492 e. The molecule has 4 heteroatoms. The standard InChI is InChI=1S/C18H23N3O/c1-21(2)10-11-22-16-5-6-17-14(12-16)7-9-20-18(17)15-4-3-8-19-13-15/h3-6,8,12-13,18,20H,7,9-11H2,1-2H3. The second-order valence-electron chi connectivity index (χ2n) is 5.94. The quantitative estimate of drug-likeness (QED) is 0.918. The van der Waals surface area contributed by atoms with E-state index in [1.54, 1.807) is 0 Å². The number of aromatic nitrogens is 1. The van der Waals surface area contributed by atoms with E-state index in [9.17, 15) is 0 Å². The highest BCUT2D eigenvalue weighted by atomic mass is 16.5. The second kappa shape index (κ2) is 6.90. The summed E-state index contributed by atoms with van der Waals surface area (Å²) in [6.45, 7) is 2.63. The van der Waals surface area contributed by atoms with Crippen molar-refractivity contribution in [1.82, 2.24) is 15.2 Å². The SMILES string of the molecule is CN(C)CCOc1ccc2c(c1)CCNC2c1cccnc1. The second-order valence-corrected chi connectivity index (χ2v) is 5.94. The highest BCUT2D eigenvalue weighted by Gasteiger charge is 2.21. The normalized spacial score (nSPS) is 17.3. The Morgan fingerprint density at radius 2 is 2.23 bits per heavy atom. The third kappa shape index (κ3) is 3.46. The summed E-state index contributed by atoms with van der Waals surface area (Å²) in [6.07, 6.45) is 4.79. The van der Waals surface area contributed by atoms with E-state index in [1.165, 1.54) is 16.7 Å². The Morgan fingerprint density at radius 3 is 3.00 bits per heavy atom. The molecule has 0 saturated heterocycles.